The van der Waals surface area contributed by atoms with Gasteiger partial charge in [-0.15, -0.1) is 0 Å². The van der Waals surface area contributed by atoms with E-state index in [1.807, 2.05) is 25.1 Å². The number of aromatic nitrogens is 1. The maximum absolute atomic E-state index is 11.1. The van der Waals surface area contributed by atoms with Crippen LogP contribution >= 0.6 is 0 Å². The minimum absolute atomic E-state index is 0.468. The summed E-state index contributed by atoms with van der Waals surface area (Å²) in [5.41, 5.74) is 4.09. The van der Waals surface area contributed by atoms with Crippen LogP contribution in [0.5, 0.6) is 0 Å². The quantitative estimate of drug-likeness (QED) is 0.768. The molecule has 102 valence electrons. The average Bonchev–Trinajstić information content (AvgIpc) is 2.77. The highest BCUT2D eigenvalue weighted by Crippen LogP contribution is 2.22. The monoisotopic (exact) mass is 269 g/mol. The molecule has 0 saturated carbocycles. The summed E-state index contributed by atoms with van der Waals surface area (Å²) in [5, 5.41) is 10.3. The molecule has 0 spiro atoms. The molecule has 1 unspecified atom stereocenters. The second-order valence-electron chi connectivity index (χ2n) is 4.98. The fraction of sp³-hybridized carbons (Fsp3) is 0.188. The topological polar surface area (TPSA) is 66.2 Å². The Morgan fingerprint density at radius 2 is 2.10 bits per heavy atom. The molecule has 4 heteroatoms. The molecule has 3 aromatic rings. The molecule has 0 bridgehead atoms. The van der Waals surface area contributed by atoms with Gasteiger partial charge in [0.1, 0.15) is 0 Å². The summed E-state index contributed by atoms with van der Waals surface area (Å²) in [4.78, 5) is 13.7. The molecule has 20 heavy (non-hydrogen) atoms. The number of benzene rings is 2. The van der Waals surface area contributed by atoms with E-state index in [9.17, 15) is 9.90 Å². The number of oxazole rings is 1. The number of fused-ring (bicyclic) bond motifs is 1. The molecule has 1 heterocycles. The SMILES string of the molecule is Cc1cccc(CC(O)c2ccc3[nH]c(=O)oc3c2)c1. The molecule has 0 aliphatic carbocycles. The second kappa shape index (κ2) is 4.98. The molecule has 4 nitrogen and oxygen atoms in total. The lowest BCUT2D eigenvalue weighted by Crippen LogP contribution is -2.01. The van der Waals surface area contributed by atoms with Crippen molar-refractivity contribution in [1.29, 1.82) is 0 Å². The van der Waals surface area contributed by atoms with E-state index in [0.29, 0.717) is 17.5 Å². The molecule has 0 radical (unpaired) electrons. The minimum Gasteiger partial charge on any atom is -0.408 e. The molecular formula is C16H15NO3. The van der Waals surface area contributed by atoms with Crippen molar-refractivity contribution in [3.8, 4) is 0 Å². The molecule has 1 atom stereocenters. The molecule has 1 aromatic heterocycles. The van der Waals surface area contributed by atoms with Gasteiger partial charge >= 0.3 is 5.76 Å². The van der Waals surface area contributed by atoms with Gasteiger partial charge in [0.15, 0.2) is 5.58 Å². The van der Waals surface area contributed by atoms with Gasteiger partial charge in [-0.2, -0.15) is 0 Å². The van der Waals surface area contributed by atoms with Crippen LogP contribution in [0.1, 0.15) is 22.8 Å². The first kappa shape index (κ1) is 12.7. The van der Waals surface area contributed by atoms with E-state index in [0.717, 1.165) is 11.1 Å². The molecule has 0 aliphatic rings. The van der Waals surface area contributed by atoms with Crippen LogP contribution in [0.4, 0.5) is 0 Å². The molecule has 3 rings (SSSR count). The third kappa shape index (κ3) is 2.51. The van der Waals surface area contributed by atoms with Crippen LogP contribution in [0.15, 0.2) is 51.7 Å². The summed E-state index contributed by atoms with van der Waals surface area (Å²) in [6.07, 6.45) is -0.0941. The average molecular weight is 269 g/mol. The van der Waals surface area contributed by atoms with E-state index in [4.69, 9.17) is 4.42 Å². The van der Waals surface area contributed by atoms with Crippen molar-refractivity contribution in [2.75, 3.05) is 0 Å². The van der Waals surface area contributed by atoms with E-state index in [1.54, 1.807) is 18.2 Å². The Morgan fingerprint density at radius 1 is 1.25 bits per heavy atom. The third-order valence-electron chi connectivity index (χ3n) is 3.34. The van der Waals surface area contributed by atoms with Gasteiger partial charge in [0.05, 0.1) is 11.6 Å². The normalized spacial score (nSPS) is 12.7. The van der Waals surface area contributed by atoms with Crippen molar-refractivity contribution >= 4 is 11.1 Å². The fourth-order valence-corrected chi connectivity index (χ4v) is 2.35. The predicted molar refractivity (Wildman–Crippen MR) is 76.7 cm³/mol. The Balaban J connectivity index is 1.88. The van der Waals surface area contributed by atoms with Gasteiger partial charge in [-0.3, -0.25) is 4.98 Å². The summed E-state index contributed by atoms with van der Waals surface area (Å²) in [5.74, 6) is -0.481. The minimum atomic E-state index is -0.624. The number of aromatic amines is 1. The number of aryl methyl sites for hydroxylation is 1. The van der Waals surface area contributed by atoms with E-state index in [-0.39, 0.29) is 0 Å². The van der Waals surface area contributed by atoms with E-state index in [2.05, 4.69) is 11.1 Å². The lowest BCUT2D eigenvalue weighted by Gasteiger charge is -2.11. The van der Waals surface area contributed by atoms with Crippen LogP contribution in [-0.4, -0.2) is 10.1 Å². The maximum Gasteiger partial charge on any atom is 0.417 e. The van der Waals surface area contributed by atoms with Crippen LogP contribution in [0.2, 0.25) is 0 Å². The smallest absolute Gasteiger partial charge is 0.408 e. The van der Waals surface area contributed by atoms with Gasteiger partial charge in [-0.1, -0.05) is 35.9 Å². The lowest BCUT2D eigenvalue weighted by atomic mass is 10.00. The third-order valence-corrected chi connectivity index (χ3v) is 3.34. The number of hydrogen-bond acceptors (Lipinski definition) is 3. The predicted octanol–water partition coefficient (Wildman–Crippen LogP) is 2.71. The van der Waals surface area contributed by atoms with Gasteiger partial charge < -0.3 is 9.52 Å². The number of aliphatic hydroxyl groups is 1. The van der Waals surface area contributed by atoms with Gasteiger partial charge in [0.2, 0.25) is 0 Å². The molecule has 0 aliphatic heterocycles. The van der Waals surface area contributed by atoms with Crippen LogP contribution in [0.3, 0.4) is 0 Å². The summed E-state index contributed by atoms with van der Waals surface area (Å²) < 4.78 is 5.01. The van der Waals surface area contributed by atoms with Crippen LogP contribution in [0.25, 0.3) is 11.1 Å². The second-order valence-corrected chi connectivity index (χ2v) is 4.98. The van der Waals surface area contributed by atoms with Crippen molar-refractivity contribution in [1.82, 2.24) is 4.98 Å². The Kier molecular flexibility index (Phi) is 3.16. The zero-order valence-corrected chi connectivity index (χ0v) is 11.1. The van der Waals surface area contributed by atoms with Gasteiger partial charge in [-0.25, -0.2) is 4.79 Å². The van der Waals surface area contributed by atoms with Crippen LogP contribution < -0.4 is 5.76 Å². The summed E-state index contributed by atoms with van der Waals surface area (Å²) in [6, 6.07) is 13.3. The van der Waals surface area contributed by atoms with Crippen molar-refractivity contribution in [3.63, 3.8) is 0 Å². The number of rotatable bonds is 3. The zero-order chi connectivity index (χ0) is 14.1. The number of nitrogens with one attached hydrogen (secondary N) is 1. The number of H-pyrrole nitrogens is 1. The number of aliphatic hydroxyl groups excluding tert-OH is 1. The van der Waals surface area contributed by atoms with Crippen molar-refractivity contribution in [3.05, 3.63) is 69.7 Å². The standard InChI is InChI=1S/C16H15NO3/c1-10-3-2-4-11(7-10)8-14(18)12-5-6-13-15(9-12)20-16(19)17-13/h2-7,9,14,18H,8H2,1H3,(H,17,19). The highest BCUT2D eigenvalue weighted by molar-refractivity contribution is 5.72. The highest BCUT2D eigenvalue weighted by Gasteiger charge is 2.11. The van der Waals surface area contributed by atoms with Crippen molar-refractivity contribution in [2.24, 2.45) is 0 Å². The van der Waals surface area contributed by atoms with E-state index >= 15 is 0 Å². The van der Waals surface area contributed by atoms with Crippen molar-refractivity contribution < 1.29 is 9.52 Å². The summed E-state index contributed by atoms with van der Waals surface area (Å²) >= 11 is 0. The number of hydrogen-bond donors (Lipinski definition) is 2. The fourth-order valence-electron chi connectivity index (χ4n) is 2.35. The summed E-state index contributed by atoms with van der Waals surface area (Å²) in [6.45, 7) is 2.02. The zero-order valence-electron chi connectivity index (χ0n) is 11.1. The molecule has 2 N–H and O–H groups in total. The lowest BCUT2D eigenvalue weighted by molar-refractivity contribution is 0.178. The molecule has 0 amide bonds. The summed E-state index contributed by atoms with van der Waals surface area (Å²) in [7, 11) is 0. The molecule has 0 saturated heterocycles. The van der Waals surface area contributed by atoms with Gasteiger partial charge in [0.25, 0.3) is 0 Å². The molecule has 2 aromatic carbocycles. The largest absolute Gasteiger partial charge is 0.417 e. The molecular weight excluding hydrogens is 254 g/mol. The Labute approximate surface area is 115 Å². The van der Waals surface area contributed by atoms with Crippen molar-refractivity contribution in [2.45, 2.75) is 19.4 Å². The van der Waals surface area contributed by atoms with Crippen LogP contribution in [-0.2, 0) is 6.42 Å². The Bertz CT molecular complexity index is 801. The first-order valence-electron chi connectivity index (χ1n) is 6.48. The van der Waals surface area contributed by atoms with Crippen LogP contribution in [0, 0.1) is 6.92 Å². The Morgan fingerprint density at radius 3 is 2.90 bits per heavy atom. The van der Waals surface area contributed by atoms with Gasteiger partial charge in [0, 0.05) is 6.42 Å². The first-order valence-corrected chi connectivity index (χ1v) is 6.48. The highest BCUT2D eigenvalue weighted by atomic mass is 16.4. The Hall–Kier alpha value is -2.33. The van der Waals surface area contributed by atoms with E-state index < -0.39 is 11.9 Å². The van der Waals surface area contributed by atoms with Gasteiger partial charge in [-0.05, 0) is 30.2 Å². The molecule has 0 fully saturated rings. The maximum atomic E-state index is 11.1. The first-order chi connectivity index (χ1) is 9.61. The van der Waals surface area contributed by atoms with E-state index in [1.165, 1.54) is 5.56 Å².